The lowest BCUT2D eigenvalue weighted by Crippen LogP contribution is -2.59. The van der Waals surface area contributed by atoms with Crippen LogP contribution in [-0.2, 0) is 57.0 Å². The molecule has 5 amide bonds. The van der Waals surface area contributed by atoms with Crippen molar-refractivity contribution in [2.24, 2.45) is 5.92 Å². The third kappa shape index (κ3) is 8.86. The third-order valence-corrected chi connectivity index (χ3v) is 12.9. The predicted molar refractivity (Wildman–Crippen MR) is 190 cm³/mol. The van der Waals surface area contributed by atoms with Gasteiger partial charge in [0, 0.05) is 43.4 Å². The SMILES string of the molecule is C=C[C@@H]1C[C@]1(NC(=O)C1C[C@@H](OC(=O)N2Cc3cccc(F)c3C2)CN1C(=O)[C@H](CN(C)S(=O)(=O)C=C)NC(=O)OC(C)(C)C)C(=O)NS(=O)(=O)C1CC1. The molecule has 17 nitrogen and oxygen atoms in total. The second-order valence-corrected chi connectivity index (χ2v) is 18.8. The van der Waals surface area contributed by atoms with Gasteiger partial charge in [-0.2, -0.15) is 4.31 Å². The lowest BCUT2D eigenvalue weighted by atomic mass is 10.1. The predicted octanol–water partition coefficient (Wildman–Crippen LogP) is 1.22. The average molecular weight is 797 g/mol. The van der Waals surface area contributed by atoms with Crippen molar-refractivity contribution in [3.8, 4) is 0 Å². The van der Waals surface area contributed by atoms with Gasteiger partial charge < -0.3 is 25.0 Å². The van der Waals surface area contributed by atoms with Crippen molar-refractivity contribution in [2.75, 3.05) is 20.1 Å². The van der Waals surface area contributed by atoms with Gasteiger partial charge in [-0.1, -0.05) is 24.8 Å². The van der Waals surface area contributed by atoms with Crippen molar-refractivity contribution in [3.05, 3.63) is 59.8 Å². The zero-order chi connectivity index (χ0) is 40.0. The molecule has 2 heterocycles. The lowest BCUT2D eigenvalue weighted by molar-refractivity contribution is -0.141. The van der Waals surface area contributed by atoms with Crippen LogP contribution in [0.3, 0.4) is 0 Å². The molecule has 1 saturated heterocycles. The number of nitrogens with one attached hydrogen (secondary N) is 3. The molecule has 2 aliphatic heterocycles. The van der Waals surface area contributed by atoms with E-state index in [0.717, 1.165) is 16.3 Å². The second-order valence-electron chi connectivity index (χ2n) is 14.9. The number of fused-ring (bicyclic) bond motifs is 1. The fraction of sp³-hybridized carbons (Fsp3) is 0.559. The lowest BCUT2D eigenvalue weighted by Gasteiger charge is -2.31. The highest BCUT2D eigenvalue weighted by molar-refractivity contribution is 7.92. The topological polar surface area (TPSA) is 218 Å². The van der Waals surface area contributed by atoms with Gasteiger partial charge >= 0.3 is 12.2 Å². The summed E-state index contributed by atoms with van der Waals surface area (Å²) in [6.45, 7) is 10.6. The molecule has 3 fully saturated rings. The molecule has 54 heavy (non-hydrogen) atoms. The fourth-order valence-corrected chi connectivity index (χ4v) is 8.42. The summed E-state index contributed by atoms with van der Waals surface area (Å²) in [5.74, 6) is -4.01. The molecule has 4 aliphatic rings. The van der Waals surface area contributed by atoms with Crippen LogP contribution >= 0.6 is 0 Å². The average Bonchev–Trinajstić information content (AvgIpc) is 3.97. The van der Waals surface area contributed by atoms with Crippen molar-refractivity contribution in [2.45, 2.75) is 94.1 Å². The number of halogens is 1. The first-order valence-corrected chi connectivity index (χ1v) is 20.3. The monoisotopic (exact) mass is 796 g/mol. The third-order valence-electron chi connectivity index (χ3n) is 9.62. The van der Waals surface area contributed by atoms with Crippen LogP contribution in [-0.4, -0.2) is 116 Å². The largest absolute Gasteiger partial charge is 0.444 e. The number of carbonyl (C=O) groups excluding carboxylic acids is 5. The summed E-state index contributed by atoms with van der Waals surface area (Å²) < 4.78 is 78.7. The van der Waals surface area contributed by atoms with Gasteiger partial charge in [0.25, 0.3) is 5.91 Å². The molecule has 0 bridgehead atoms. The highest BCUT2D eigenvalue weighted by Crippen LogP contribution is 2.45. The highest BCUT2D eigenvalue weighted by Gasteiger charge is 2.62. The van der Waals surface area contributed by atoms with E-state index in [1.807, 2.05) is 4.72 Å². The van der Waals surface area contributed by atoms with Crippen molar-refractivity contribution in [1.82, 2.24) is 29.5 Å². The number of hydrogen-bond acceptors (Lipinski definition) is 11. The number of ether oxygens (including phenoxy) is 2. The molecule has 5 atom stereocenters. The van der Waals surface area contributed by atoms with Gasteiger partial charge in [-0.3, -0.25) is 24.0 Å². The Hall–Kier alpha value is -4.56. The van der Waals surface area contributed by atoms with Gasteiger partial charge in [-0.25, -0.2) is 30.8 Å². The number of alkyl carbamates (subject to hydrolysis) is 1. The van der Waals surface area contributed by atoms with Gasteiger partial charge in [0.1, 0.15) is 35.1 Å². The summed E-state index contributed by atoms with van der Waals surface area (Å²) in [6.07, 6.45) is -1.23. The minimum absolute atomic E-state index is 0.00640. The molecule has 0 radical (unpaired) electrons. The van der Waals surface area contributed by atoms with E-state index in [9.17, 15) is 45.2 Å². The molecule has 2 saturated carbocycles. The Labute approximate surface area is 313 Å². The Bertz CT molecular complexity index is 1970. The molecule has 2 aliphatic carbocycles. The van der Waals surface area contributed by atoms with E-state index >= 15 is 0 Å². The van der Waals surface area contributed by atoms with Crippen molar-refractivity contribution in [1.29, 1.82) is 0 Å². The maximum Gasteiger partial charge on any atom is 0.410 e. The van der Waals surface area contributed by atoms with E-state index < -0.39 is 109 Å². The van der Waals surface area contributed by atoms with Gasteiger partial charge in [0.15, 0.2) is 0 Å². The number of hydrogen-bond donors (Lipinski definition) is 3. The van der Waals surface area contributed by atoms with Crippen LogP contribution in [0, 0.1) is 11.7 Å². The minimum atomic E-state index is -4.11. The molecule has 20 heteroatoms. The molecule has 296 valence electrons. The zero-order valence-electron chi connectivity index (χ0n) is 30.4. The Morgan fingerprint density at radius 3 is 2.37 bits per heavy atom. The Balaban J connectivity index is 1.42. The van der Waals surface area contributed by atoms with E-state index in [1.54, 1.807) is 26.8 Å². The van der Waals surface area contributed by atoms with Crippen LogP contribution in [0.5, 0.6) is 0 Å². The van der Waals surface area contributed by atoms with Crippen molar-refractivity contribution in [3.63, 3.8) is 0 Å². The molecule has 1 unspecified atom stereocenters. The Kier molecular flexibility index (Phi) is 11.2. The van der Waals surface area contributed by atoms with E-state index in [4.69, 9.17) is 9.47 Å². The standard InChI is InChI=1S/C34H45FN6O11S2/c1-7-21-15-34(21,30(44)38-54(49,50)23-12-13-23)37-28(42)27-14-22(51-32(46)40-16-20-10-9-11-25(35)24(20)18-40)17-41(27)29(43)26(19-39(6)53(47,48)8-2)36-31(45)52-33(3,4)5/h7-11,21-23,26-27H,1-2,12-19H2,3-6H3,(H,36,45)(H,37,42)(H,38,44)/t21-,22-,26+,27?,34-/m1/s1. The first kappa shape index (κ1) is 40.6. The van der Waals surface area contributed by atoms with E-state index in [-0.39, 0.29) is 25.9 Å². The van der Waals surface area contributed by atoms with Crippen LogP contribution in [0.2, 0.25) is 0 Å². The van der Waals surface area contributed by atoms with Gasteiger partial charge in [0.2, 0.25) is 31.9 Å². The summed E-state index contributed by atoms with van der Waals surface area (Å²) in [5, 5.41) is 4.89. The smallest absolute Gasteiger partial charge is 0.410 e. The van der Waals surface area contributed by atoms with Crippen LogP contribution in [0.1, 0.15) is 57.6 Å². The summed E-state index contributed by atoms with van der Waals surface area (Å²) >= 11 is 0. The summed E-state index contributed by atoms with van der Waals surface area (Å²) in [5.41, 5.74) is -1.84. The summed E-state index contributed by atoms with van der Waals surface area (Å²) in [6, 6.07) is 1.32. The maximum atomic E-state index is 14.4. The van der Waals surface area contributed by atoms with Crippen LogP contribution in [0.15, 0.2) is 42.8 Å². The van der Waals surface area contributed by atoms with E-state index in [0.29, 0.717) is 29.4 Å². The molecule has 3 N–H and O–H groups in total. The molecular weight excluding hydrogens is 752 g/mol. The Morgan fingerprint density at radius 1 is 1.11 bits per heavy atom. The molecular formula is C34H45FN6O11S2. The number of nitrogens with zero attached hydrogens (tertiary/aromatic N) is 3. The fourth-order valence-electron chi connectivity index (χ4n) is 6.44. The van der Waals surface area contributed by atoms with E-state index in [2.05, 4.69) is 23.8 Å². The van der Waals surface area contributed by atoms with Crippen molar-refractivity contribution < 1.29 is 54.7 Å². The normalized spacial score (nSPS) is 24.2. The Morgan fingerprint density at radius 2 is 1.80 bits per heavy atom. The first-order chi connectivity index (χ1) is 25.1. The van der Waals surface area contributed by atoms with E-state index in [1.165, 1.54) is 23.1 Å². The number of benzene rings is 1. The first-order valence-electron chi connectivity index (χ1n) is 17.2. The number of likely N-dealkylation sites (N-methyl/N-ethyl adjacent to an activating group) is 1. The molecule has 1 aromatic carbocycles. The van der Waals surface area contributed by atoms with Crippen LogP contribution in [0.25, 0.3) is 0 Å². The van der Waals surface area contributed by atoms with Crippen LogP contribution in [0.4, 0.5) is 14.0 Å². The zero-order valence-corrected chi connectivity index (χ0v) is 32.0. The van der Waals surface area contributed by atoms with Crippen molar-refractivity contribution >= 4 is 50.0 Å². The minimum Gasteiger partial charge on any atom is -0.444 e. The number of carbonyl (C=O) groups is 5. The summed E-state index contributed by atoms with van der Waals surface area (Å²) in [7, 11) is -6.97. The number of likely N-dealkylation sites (tertiary alicyclic amines) is 1. The quantitative estimate of drug-likeness (QED) is 0.241. The molecule has 5 rings (SSSR count). The molecule has 0 spiro atoms. The molecule has 0 aromatic heterocycles. The second kappa shape index (κ2) is 14.9. The number of rotatable bonds is 13. The number of amides is 5. The molecule has 1 aromatic rings. The number of sulfonamides is 2. The van der Waals surface area contributed by atoms with Crippen LogP contribution < -0.4 is 15.4 Å². The van der Waals surface area contributed by atoms with Gasteiger partial charge in [0.05, 0.1) is 18.3 Å². The maximum absolute atomic E-state index is 14.4. The highest BCUT2D eigenvalue weighted by atomic mass is 32.2. The van der Waals surface area contributed by atoms with Gasteiger partial charge in [-0.05, 0) is 51.7 Å². The summed E-state index contributed by atoms with van der Waals surface area (Å²) in [4.78, 5) is 70.4. The van der Waals surface area contributed by atoms with Gasteiger partial charge in [-0.15, -0.1) is 6.58 Å².